The third kappa shape index (κ3) is 3.94. The molecule has 21 heavy (non-hydrogen) atoms. The van der Waals surface area contributed by atoms with Crippen LogP contribution in [0, 0.1) is 3.57 Å². The van der Waals surface area contributed by atoms with Gasteiger partial charge in [0.1, 0.15) is 12.1 Å². The molecule has 116 valence electrons. The Bertz CT molecular complexity index is 489. The summed E-state index contributed by atoms with van der Waals surface area (Å²) in [5.41, 5.74) is 5.83. The van der Waals surface area contributed by atoms with Gasteiger partial charge in [0, 0.05) is 32.4 Å². The second kappa shape index (κ2) is 7.74. The first kappa shape index (κ1) is 16.2. The summed E-state index contributed by atoms with van der Waals surface area (Å²) in [6.07, 6.45) is 5.32. The number of oxime groups is 1. The van der Waals surface area contributed by atoms with E-state index in [0.29, 0.717) is 5.84 Å². The molecule has 2 rings (SSSR count). The van der Waals surface area contributed by atoms with Crippen molar-refractivity contribution in [3.8, 4) is 0 Å². The number of rotatable bonds is 5. The summed E-state index contributed by atoms with van der Waals surface area (Å²) in [7, 11) is 0. The van der Waals surface area contributed by atoms with Gasteiger partial charge in [0.25, 0.3) is 0 Å². The van der Waals surface area contributed by atoms with Crippen molar-refractivity contribution in [2.75, 3.05) is 31.1 Å². The Kier molecular flexibility index (Phi) is 5.97. The van der Waals surface area contributed by atoms with Gasteiger partial charge in [0.2, 0.25) is 0 Å². The second-order valence-electron chi connectivity index (χ2n) is 5.05. The number of anilines is 1. The van der Waals surface area contributed by atoms with Crippen molar-refractivity contribution < 1.29 is 5.21 Å². The molecule has 0 bridgehead atoms. The first-order valence-electron chi connectivity index (χ1n) is 7.09. The standard InChI is InChI=1S/C13H21IN6O/c1-2-3-11(12(15)18-21)19-4-6-20(7-5-19)13-10(14)8-16-9-17-13/h8-9,11,21H,2-7H2,1H3,(H2,15,18). The molecule has 1 fully saturated rings. The van der Waals surface area contributed by atoms with Crippen molar-refractivity contribution in [1.82, 2.24) is 14.9 Å². The van der Waals surface area contributed by atoms with Crippen LogP contribution in [0.1, 0.15) is 19.8 Å². The maximum atomic E-state index is 8.94. The molecule has 0 radical (unpaired) electrons. The predicted molar refractivity (Wildman–Crippen MR) is 90.6 cm³/mol. The maximum Gasteiger partial charge on any atom is 0.156 e. The number of halogens is 1. The molecule has 1 aliphatic rings. The topological polar surface area (TPSA) is 90.9 Å². The minimum Gasteiger partial charge on any atom is -0.409 e. The number of hydrogen-bond acceptors (Lipinski definition) is 6. The summed E-state index contributed by atoms with van der Waals surface area (Å²) in [6, 6.07) is 0.0200. The Labute approximate surface area is 138 Å². The van der Waals surface area contributed by atoms with Crippen LogP contribution in [0.2, 0.25) is 0 Å². The number of aromatic nitrogens is 2. The van der Waals surface area contributed by atoms with Crippen molar-refractivity contribution >= 4 is 34.2 Å². The number of hydrogen-bond donors (Lipinski definition) is 2. The first-order chi connectivity index (χ1) is 10.2. The van der Waals surface area contributed by atoms with Crippen LogP contribution in [0.25, 0.3) is 0 Å². The molecule has 1 atom stereocenters. The molecule has 0 spiro atoms. The molecule has 1 aromatic rings. The van der Waals surface area contributed by atoms with E-state index in [4.69, 9.17) is 10.9 Å². The Balaban J connectivity index is 2.01. The quantitative estimate of drug-likeness (QED) is 0.251. The average molecular weight is 404 g/mol. The number of nitrogens with two attached hydrogens (primary N) is 1. The third-order valence-corrected chi connectivity index (χ3v) is 4.48. The Hall–Kier alpha value is -1.16. The fourth-order valence-corrected chi connectivity index (χ4v) is 3.28. The van der Waals surface area contributed by atoms with Crippen LogP contribution in [-0.4, -0.2) is 58.1 Å². The van der Waals surface area contributed by atoms with E-state index in [9.17, 15) is 0 Å². The molecule has 2 heterocycles. The van der Waals surface area contributed by atoms with Gasteiger partial charge in [-0.1, -0.05) is 18.5 Å². The summed E-state index contributed by atoms with van der Waals surface area (Å²) in [5.74, 6) is 1.29. The van der Waals surface area contributed by atoms with Crippen molar-refractivity contribution in [2.45, 2.75) is 25.8 Å². The summed E-state index contributed by atoms with van der Waals surface area (Å²) < 4.78 is 1.06. The van der Waals surface area contributed by atoms with E-state index in [1.165, 1.54) is 0 Å². The molecule has 0 aliphatic carbocycles. The zero-order valence-electron chi connectivity index (χ0n) is 12.1. The third-order valence-electron chi connectivity index (χ3n) is 3.72. The Morgan fingerprint density at radius 3 is 2.76 bits per heavy atom. The SMILES string of the molecule is CCCC(C(N)=NO)N1CCN(c2ncncc2I)CC1. The van der Waals surface area contributed by atoms with Crippen LogP contribution in [0.3, 0.4) is 0 Å². The summed E-state index contributed by atoms with van der Waals surface area (Å²) in [4.78, 5) is 12.9. The zero-order valence-corrected chi connectivity index (χ0v) is 14.3. The van der Waals surface area contributed by atoms with Gasteiger partial charge < -0.3 is 15.8 Å². The van der Waals surface area contributed by atoms with Gasteiger partial charge >= 0.3 is 0 Å². The van der Waals surface area contributed by atoms with Crippen LogP contribution in [0.5, 0.6) is 0 Å². The first-order valence-corrected chi connectivity index (χ1v) is 8.17. The minimum atomic E-state index is 0.0200. The number of piperazine rings is 1. The molecule has 0 saturated carbocycles. The highest BCUT2D eigenvalue weighted by Gasteiger charge is 2.27. The van der Waals surface area contributed by atoms with Gasteiger partial charge in [-0.15, -0.1) is 0 Å². The Morgan fingerprint density at radius 1 is 1.48 bits per heavy atom. The van der Waals surface area contributed by atoms with Crippen molar-refractivity contribution in [1.29, 1.82) is 0 Å². The molecule has 0 amide bonds. The smallest absolute Gasteiger partial charge is 0.156 e. The highest BCUT2D eigenvalue weighted by Crippen LogP contribution is 2.20. The van der Waals surface area contributed by atoms with E-state index in [0.717, 1.165) is 48.4 Å². The summed E-state index contributed by atoms with van der Waals surface area (Å²) in [5, 5.41) is 12.1. The monoisotopic (exact) mass is 404 g/mol. The van der Waals surface area contributed by atoms with Crippen LogP contribution in [0.4, 0.5) is 5.82 Å². The highest BCUT2D eigenvalue weighted by atomic mass is 127. The fraction of sp³-hybridized carbons (Fsp3) is 0.615. The lowest BCUT2D eigenvalue weighted by atomic mass is 10.1. The molecule has 3 N–H and O–H groups in total. The summed E-state index contributed by atoms with van der Waals surface area (Å²) in [6.45, 7) is 5.62. The molecular formula is C13H21IN6O. The lowest BCUT2D eigenvalue weighted by Gasteiger charge is -2.39. The van der Waals surface area contributed by atoms with E-state index in [1.54, 1.807) is 6.33 Å². The lowest BCUT2D eigenvalue weighted by Crippen LogP contribution is -2.54. The van der Waals surface area contributed by atoms with E-state index >= 15 is 0 Å². The maximum absolute atomic E-state index is 8.94. The normalized spacial score (nSPS) is 18.8. The molecule has 0 aromatic carbocycles. The lowest BCUT2D eigenvalue weighted by molar-refractivity contribution is 0.211. The molecule has 1 aliphatic heterocycles. The fourth-order valence-electron chi connectivity index (χ4n) is 2.64. The minimum absolute atomic E-state index is 0.0200. The van der Waals surface area contributed by atoms with E-state index in [1.807, 2.05) is 6.20 Å². The summed E-state index contributed by atoms with van der Waals surface area (Å²) >= 11 is 2.26. The van der Waals surface area contributed by atoms with Gasteiger partial charge in [0.15, 0.2) is 5.84 Å². The van der Waals surface area contributed by atoms with Crippen LogP contribution in [0.15, 0.2) is 17.7 Å². The number of amidine groups is 1. The predicted octanol–water partition coefficient (Wildman–Crippen LogP) is 1.12. The highest BCUT2D eigenvalue weighted by molar-refractivity contribution is 14.1. The molecule has 1 saturated heterocycles. The molecule has 7 nitrogen and oxygen atoms in total. The van der Waals surface area contributed by atoms with E-state index in [2.05, 4.69) is 54.4 Å². The molecule has 1 aromatic heterocycles. The largest absolute Gasteiger partial charge is 0.409 e. The van der Waals surface area contributed by atoms with Crippen LogP contribution >= 0.6 is 22.6 Å². The molecule has 1 unspecified atom stereocenters. The van der Waals surface area contributed by atoms with Crippen LogP contribution < -0.4 is 10.6 Å². The molecular weight excluding hydrogens is 383 g/mol. The average Bonchev–Trinajstić information content (AvgIpc) is 2.53. The van der Waals surface area contributed by atoms with E-state index in [-0.39, 0.29) is 6.04 Å². The van der Waals surface area contributed by atoms with E-state index < -0.39 is 0 Å². The van der Waals surface area contributed by atoms with Gasteiger partial charge in [-0.2, -0.15) is 0 Å². The van der Waals surface area contributed by atoms with Crippen molar-refractivity contribution in [3.05, 3.63) is 16.1 Å². The van der Waals surface area contributed by atoms with Crippen molar-refractivity contribution in [3.63, 3.8) is 0 Å². The van der Waals surface area contributed by atoms with Crippen molar-refractivity contribution in [2.24, 2.45) is 10.9 Å². The number of nitrogens with zero attached hydrogens (tertiary/aromatic N) is 5. The molecule has 8 heteroatoms. The van der Waals surface area contributed by atoms with Gasteiger partial charge in [-0.3, -0.25) is 4.90 Å². The second-order valence-corrected chi connectivity index (χ2v) is 6.21. The zero-order chi connectivity index (χ0) is 15.2. The van der Waals surface area contributed by atoms with Gasteiger partial charge in [-0.25, -0.2) is 9.97 Å². The van der Waals surface area contributed by atoms with Gasteiger partial charge in [0.05, 0.1) is 9.61 Å². The van der Waals surface area contributed by atoms with Gasteiger partial charge in [-0.05, 0) is 29.0 Å². The Morgan fingerprint density at radius 2 is 2.19 bits per heavy atom. The van der Waals surface area contributed by atoms with Crippen LogP contribution in [-0.2, 0) is 0 Å².